The second-order valence-electron chi connectivity index (χ2n) is 9.23. The van der Waals surface area contributed by atoms with E-state index in [-0.39, 0.29) is 11.3 Å². The lowest BCUT2D eigenvalue weighted by atomic mass is 9.69. The first-order valence-electron chi connectivity index (χ1n) is 11.5. The molecule has 0 atom stereocenters. The Balaban J connectivity index is 1.26. The molecule has 2 saturated carbocycles. The van der Waals surface area contributed by atoms with Gasteiger partial charge in [0.1, 0.15) is 0 Å². The minimum absolute atomic E-state index is 0.135. The van der Waals surface area contributed by atoms with Crippen LogP contribution >= 0.6 is 0 Å². The van der Waals surface area contributed by atoms with Crippen molar-refractivity contribution in [1.29, 1.82) is 0 Å². The molecule has 0 unspecified atom stereocenters. The molecule has 4 nitrogen and oxygen atoms in total. The molecule has 154 valence electrons. The molecule has 1 amide bonds. The largest absolute Gasteiger partial charge is 0.354 e. The van der Waals surface area contributed by atoms with Crippen LogP contribution in [0.2, 0.25) is 0 Å². The maximum atomic E-state index is 12.7. The second-order valence-corrected chi connectivity index (χ2v) is 9.23. The van der Waals surface area contributed by atoms with Gasteiger partial charge in [-0.05, 0) is 31.2 Å². The SMILES string of the molecule is O=C(CN1CCN(C2CCCC2)CC1)NCC1(c2ccccc2)CCCCC1. The van der Waals surface area contributed by atoms with Crippen LogP contribution < -0.4 is 5.32 Å². The lowest BCUT2D eigenvalue weighted by Crippen LogP contribution is -2.52. The summed E-state index contributed by atoms with van der Waals surface area (Å²) in [4.78, 5) is 17.7. The molecular weight excluding hydrogens is 346 g/mol. The van der Waals surface area contributed by atoms with Crippen molar-refractivity contribution < 1.29 is 4.79 Å². The fraction of sp³-hybridized carbons (Fsp3) is 0.708. The number of piperazine rings is 1. The molecule has 4 heteroatoms. The van der Waals surface area contributed by atoms with Crippen LogP contribution in [0.5, 0.6) is 0 Å². The Morgan fingerprint density at radius 1 is 0.929 bits per heavy atom. The Kier molecular flexibility index (Phi) is 6.69. The first-order chi connectivity index (χ1) is 13.8. The van der Waals surface area contributed by atoms with Gasteiger partial charge in [-0.15, -0.1) is 0 Å². The van der Waals surface area contributed by atoms with E-state index in [1.807, 2.05) is 0 Å². The monoisotopic (exact) mass is 383 g/mol. The van der Waals surface area contributed by atoms with Crippen molar-refractivity contribution in [2.75, 3.05) is 39.3 Å². The van der Waals surface area contributed by atoms with Gasteiger partial charge < -0.3 is 5.32 Å². The summed E-state index contributed by atoms with van der Waals surface area (Å²) >= 11 is 0. The van der Waals surface area contributed by atoms with E-state index in [0.29, 0.717) is 6.54 Å². The van der Waals surface area contributed by atoms with E-state index in [0.717, 1.165) is 38.8 Å². The molecule has 1 aromatic carbocycles. The minimum Gasteiger partial charge on any atom is -0.354 e. The molecule has 3 aliphatic rings. The molecule has 28 heavy (non-hydrogen) atoms. The van der Waals surface area contributed by atoms with E-state index in [1.54, 1.807) is 0 Å². The summed E-state index contributed by atoms with van der Waals surface area (Å²) < 4.78 is 0. The van der Waals surface area contributed by atoms with E-state index in [9.17, 15) is 4.79 Å². The highest BCUT2D eigenvalue weighted by Crippen LogP contribution is 2.38. The van der Waals surface area contributed by atoms with Gasteiger partial charge in [-0.2, -0.15) is 0 Å². The van der Waals surface area contributed by atoms with Gasteiger partial charge in [-0.3, -0.25) is 14.6 Å². The van der Waals surface area contributed by atoms with Gasteiger partial charge >= 0.3 is 0 Å². The number of amides is 1. The van der Waals surface area contributed by atoms with Gasteiger partial charge in [-0.1, -0.05) is 62.4 Å². The van der Waals surface area contributed by atoms with Gasteiger partial charge in [0.05, 0.1) is 6.54 Å². The Morgan fingerprint density at radius 2 is 1.61 bits per heavy atom. The van der Waals surface area contributed by atoms with Crippen molar-refractivity contribution in [3.05, 3.63) is 35.9 Å². The average Bonchev–Trinajstić information content (AvgIpc) is 3.29. The number of hydrogen-bond donors (Lipinski definition) is 1. The number of carbonyl (C=O) groups is 1. The number of rotatable bonds is 6. The molecule has 1 heterocycles. The summed E-state index contributed by atoms with van der Waals surface area (Å²) in [6, 6.07) is 11.7. The fourth-order valence-electron chi connectivity index (χ4n) is 5.67. The van der Waals surface area contributed by atoms with E-state index < -0.39 is 0 Å². The molecule has 0 radical (unpaired) electrons. The molecule has 0 spiro atoms. The number of nitrogens with zero attached hydrogens (tertiary/aromatic N) is 2. The summed E-state index contributed by atoms with van der Waals surface area (Å²) in [5.74, 6) is 0.204. The van der Waals surface area contributed by atoms with Crippen LogP contribution in [0.1, 0.15) is 63.4 Å². The summed E-state index contributed by atoms with van der Waals surface area (Å²) in [6.45, 7) is 5.68. The highest BCUT2D eigenvalue weighted by Gasteiger charge is 2.34. The molecule has 1 N–H and O–H groups in total. The van der Waals surface area contributed by atoms with E-state index in [4.69, 9.17) is 0 Å². The standard InChI is InChI=1S/C24H37N3O/c28-23(19-26-15-17-27(18-16-26)22-11-5-6-12-22)25-20-24(13-7-2-8-14-24)21-9-3-1-4-10-21/h1,3-4,9-10,22H,2,5-8,11-20H2,(H,25,28). The smallest absolute Gasteiger partial charge is 0.234 e. The fourth-order valence-corrected chi connectivity index (χ4v) is 5.67. The first kappa shape index (κ1) is 19.9. The number of benzene rings is 1. The highest BCUT2D eigenvalue weighted by atomic mass is 16.2. The maximum Gasteiger partial charge on any atom is 0.234 e. The summed E-state index contributed by atoms with van der Waals surface area (Å²) in [5.41, 5.74) is 1.54. The molecule has 4 rings (SSSR count). The van der Waals surface area contributed by atoms with Crippen LogP contribution in [0.15, 0.2) is 30.3 Å². The number of hydrogen-bond acceptors (Lipinski definition) is 3. The molecular formula is C24H37N3O. The maximum absolute atomic E-state index is 12.7. The Bertz CT molecular complexity index is 612. The van der Waals surface area contributed by atoms with Crippen molar-refractivity contribution in [2.45, 2.75) is 69.2 Å². The molecule has 1 aromatic rings. The number of nitrogens with one attached hydrogen (secondary N) is 1. The van der Waals surface area contributed by atoms with Gasteiger partial charge in [0, 0.05) is 44.2 Å². The molecule has 3 fully saturated rings. The van der Waals surface area contributed by atoms with Crippen LogP contribution in [0.4, 0.5) is 0 Å². The Hall–Kier alpha value is -1.39. The van der Waals surface area contributed by atoms with Crippen LogP contribution in [0.3, 0.4) is 0 Å². The summed E-state index contributed by atoms with van der Waals surface area (Å²) in [7, 11) is 0. The third-order valence-corrected chi connectivity index (χ3v) is 7.44. The van der Waals surface area contributed by atoms with Gasteiger partial charge in [-0.25, -0.2) is 0 Å². The van der Waals surface area contributed by atoms with E-state index in [2.05, 4.69) is 45.4 Å². The highest BCUT2D eigenvalue weighted by molar-refractivity contribution is 5.78. The molecule has 0 aromatic heterocycles. The summed E-state index contributed by atoms with van der Waals surface area (Å²) in [6.07, 6.45) is 11.8. The Labute approximate surface area is 170 Å². The lowest BCUT2D eigenvalue weighted by molar-refractivity contribution is -0.123. The van der Waals surface area contributed by atoms with Crippen LogP contribution in [-0.4, -0.2) is 61.0 Å². The predicted molar refractivity (Wildman–Crippen MR) is 114 cm³/mol. The topological polar surface area (TPSA) is 35.6 Å². The third-order valence-electron chi connectivity index (χ3n) is 7.44. The van der Waals surface area contributed by atoms with Crippen LogP contribution in [-0.2, 0) is 10.2 Å². The van der Waals surface area contributed by atoms with Crippen molar-refractivity contribution >= 4 is 5.91 Å². The van der Waals surface area contributed by atoms with Crippen molar-refractivity contribution in [2.24, 2.45) is 0 Å². The molecule has 0 bridgehead atoms. The Morgan fingerprint density at radius 3 is 2.29 bits per heavy atom. The quantitative estimate of drug-likeness (QED) is 0.816. The van der Waals surface area contributed by atoms with Crippen molar-refractivity contribution in [3.8, 4) is 0 Å². The lowest BCUT2D eigenvalue weighted by Gasteiger charge is -2.39. The molecule has 2 aliphatic carbocycles. The predicted octanol–water partition coefficient (Wildman–Crippen LogP) is 3.56. The average molecular weight is 384 g/mol. The van der Waals surface area contributed by atoms with E-state index in [1.165, 1.54) is 63.4 Å². The summed E-state index contributed by atoms with van der Waals surface area (Å²) in [5, 5.41) is 3.31. The number of carbonyl (C=O) groups excluding carboxylic acids is 1. The van der Waals surface area contributed by atoms with Crippen molar-refractivity contribution in [3.63, 3.8) is 0 Å². The van der Waals surface area contributed by atoms with Gasteiger partial charge in [0.15, 0.2) is 0 Å². The first-order valence-corrected chi connectivity index (χ1v) is 11.5. The second kappa shape index (κ2) is 9.41. The zero-order chi connectivity index (χ0) is 19.2. The zero-order valence-electron chi connectivity index (χ0n) is 17.4. The van der Waals surface area contributed by atoms with Gasteiger partial charge in [0.25, 0.3) is 0 Å². The minimum atomic E-state index is 0.135. The molecule has 1 aliphatic heterocycles. The van der Waals surface area contributed by atoms with Crippen molar-refractivity contribution in [1.82, 2.24) is 15.1 Å². The zero-order valence-corrected chi connectivity index (χ0v) is 17.4. The normalized spacial score (nSPS) is 24.3. The van der Waals surface area contributed by atoms with Crippen LogP contribution in [0.25, 0.3) is 0 Å². The molecule has 1 saturated heterocycles. The third kappa shape index (κ3) is 4.77. The van der Waals surface area contributed by atoms with Gasteiger partial charge in [0.2, 0.25) is 5.91 Å². The van der Waals surface area contributed by atoms with Crippen LogP contribution in [0, 0.1) is 0 Å². The van der Waals surface area contributed by atoms with E-state index >= 15 is 0 Å².